The number of aldehydes is 1. The summed E-state index contributed by atoms with van der Waals surface area (Å²) in [5.74, 6) is 0.0575. The monoisotopic (exact) mass is 113 g/mol. The third-order valence-electron chi connectivity index (χ3n) is 1.43. The normalized spacial score (nSPS) is 27.4. The summed E-state index contributed by atoms with van der Waals surface area (Å²) < 4.78 is 0. The molecule has 1 aliphatic heterocycles. The van der Waals surface area contributed by atoms with E-state index in [-0.39, 0.29) is 11.9 Å². The predicted molar refractivity (Wildman–Crippen MR) is 27.2 cm³/mol. The lowest BCUT2D eigenvalue weighted by Crippen LogP contribution is -2.50. The molecule has 1 fully saturated rings. The number of likely N-dealkylation sites (N-methyl/N-ethyl adjacent to an activating group) is 1. The Morgan fingerprint density at radius 2 is 2.50 bits per heavy atom. The molecule has 1 amide bonds. The van der Waals surface area contributed by atoms with E-state index in [2.05, 4.69) is 0 Å². The van der Waals surface area contributed by atoms with E-state index in [9.17, 15) is 9.59 Å². The van der Waals surface area contributed by atoms with Crippen molar-refractivity contribution in [1.82, 2.24) is 4.90 Å². The van der Waals surface area contributed by atoms with Crippen LogP contribution in [0.15, 0.2) is 0 Å². The first-order chi connectivity index (χ1) is 3.75. The summed E-state index contributed by atoms with van der Waals surface area (Å²) in [4.78, 5) is 21.8. The van der Waals surface area contributed by atoms with Gasteiger partial charge in [0.1, 0.15) is 6.29 Å². The second-order valence-corrected chi connectivity index (χ2v) is 1.91. The summed E-state index contributed by atoms with van der Waals surface area (Å²) in [7, 11) is 1.63. The lowest BCUT2D eigenvalue weighted by Gasteiger charge is -2.32. The maximum atomic E-state index is 10.4. The zero-order valence-electron chi connectivity index (χ0n) is 4.63. The molecule has 3 nitrogen and oxygen atoms in total. The Balaban J connectivity index is 2.47. The molecule has 1 atom stereocenters. The number of β-lactam (4-membered cyclic amide) rings is 1. The molecule has 0 unspecified atom stereocenters. The topological polar surface area (TPSA) is 37.4 Å². The Bertz CT molecular complexity index is 132. The van der Waals surface area contributed by atoms with Crippen molar-refractivity contribution < 1.29 is 9.59 Å². The summed E-state index contributed by atoms with van der Waals surface area (Å²) in [6.45, 7) is 0. The number of rotatable bonds is 1. The minimum Gasteiger partial charge on any atom is -0.335 e. The van der Waals surface area contributed by atoms with Crippen LogP contribution in [-0.2, 0) is 9.59 Å². The highest BCUT2D eigenvalue weighted by atomic mass is 16.2. The van der Waals surface area contributed by atoms with Crippen LogP contribution in [0.1, 0.15) is 6.42 Å². The van der Waals surface area contributed by atoms with Crippen molar-refractivity contribution in [3.63, 3.8) is 0 Å². The van der Waals surface area contributed by atoms with E-state index < -0.39 is 0 Å². The van der Waals surface area contributed by atoms with E-state index in [1.54, 1.807) is 7.05 Å². The zero-order valence-corrected chi connectivity index (χ0v) is 4.63. The van der Waals surface area contributed by atoms with E-state index in [1.807, 2.05) is 0 Å². The van der Waals surface area contributed by atoms with Crippen LogP contribution in [0.4, 0.5) is 0 Å². The maximum Gasteiger partial charge on any atom is 0.225 e. The van der Waals surface area contributed by atoms with Crippen molar-refractivity contribution in [2.45, 2.75) is 12.5 Å². The van der Waals surface area contributed by atoms with Gasteiger partial charge in [0.05, 0.1) is 12.5 Å². The van der Waals surface area contributed by atoms with Crippen LogP contribution in [0.25, 0.3) is 0 Å². The molecular formula is C5H7NO2. The average molecular weight is 113 g/mol. The summed E-state index contributed by atoms with van der Waals surface area (Å²) in [6.07, 6.45) is 1.20. The minimum atomic E-state index is -0.137. The highest BCUT2D eigenvalue weighted by molar-refractivity contribution is 5.89. The van der Waals surface area contributed by atoms with Gasteiger partial charge in [0.25, 0.3) is 0 Å². The van der Waals surface area contributed by atoms with E-state index in [4.69, 9.17) is 0 Å². The maximum absolute atomic E-state index is 10.4. The smallest absolute Gasteiger partial charge is 0.225 e. The average Bonchev–Trinajstić information content (AvgIpc) is 1.81. The molecular weight excluding hydrogens is 106 g/mol. The van der Waals surface area contributed by atoms with Crippen molar-refractivity contribution in [1.29, 1.82) is 0 Å². The van der Waals surface area contributed by atoms with Crippen LogP contribution in [0.3, 0.4) is 0 Å². The van der Waals surface area contributed by atoms with Gasteiger partial charge in [-0.3, -0.25) is 4.79 Å². The summed E-state index contributed by atoms with van der Waals surface area (Å²) in [5, 5.41) is 0. The van der Waals surface area contributed by atoms with Gasteiger partial charge >= 0.3 is 0 Å². The fourth-order valence-electron chi connectivity index (χ4n) is 0.672. The van der Waals surface area contributed by atoms with Gasteiger partial charge in [-0.05, 0) is 0 Å². The predicted octanol–water partition coefficient (Wildman–Crippen LogP) is -0.584. The third kappa shape index (κ3) is 0.510. The summed E-state index contributed by atoms with van der Waals surface area (Å²) in [6, 6.07) is -0.137. The number of nitrogens with zero attached hydrogens (tertiary/aromatic N) is 1. The van der Waals surface area contributed by atoms with Crippen LogP contribution >= 0.6 is 0 Å². The third-order valence-corrected chi connectivity index (χ3v) is 1.43. The zero-order chi connectivity index (χ0) is 6.15. The Morgan fingerprint density at radius 3 is 2.62 bits per heavy atom. The lowest BCUT2D eigenvalue weighted by atomic mass is 10.1. The molecule has 0 aromatic heterocycles. The first-order valence-electron chi connectivity index (χ1n) is 2.46. The molecule has 1 saturated heterocycles. The molecule has 0 bridgehead atoms. The molecule has 1 rings (SSSR count). The summed E-state index contributed by atoms with van der Waals surface area (Å²) in [5.41, 5.74) is 0. The van der Waals surface area contributed by atoms with Crippen molar-refractivity contribution >= 4 is 12.2 Å². The van der Waals surface area contributed by atoms with E-state index in [0.717, 1.165) is 6.29 Å². The Kier molecular flexibility index (Phi) is 1.04. The molecule has 8 heavy (non-hydrogen) atoms. The number of likely N-dealkylation sites (tertiary alicyclic amines) is 1. The van der Waals surface area contributed by atoms with E-state index in [1.165, 1.54) is 4.90 Å². The molecule has 0 radical (unpaired) electrons. The van der Waals surface area contributed by atoms with Gasteiger partial charge in [-0.25, -0.2) is 0 Å². The van der Waals surface area contributed by atoms with Crippen molar-refractivity contribution in [3.05, 3.63) is 0 Å². The molecule has 1 aliphatic rings. The number of carbonyl (C=O) groups is 2. The van der Waals surface area contributed by atoms with Crippen LogP contribution in [0.2, 0.25) is 0 Å². The van der Waals surface area contributed by atoms with Crippen molar-refractivity contribution in [2.75, 3.05) is 7.05 Å². The molecule has 44 valence electrons. The van der Waals surface area contributed by atoms with Crippen LogP contribution in [0, 0.1) is 0 Å². The first-order valence-corrected chi connectivity index (χ1v) is 2.46. The Hall–Kier alpha value is -0.860. The van der Waals surface area contributed by atoms with Gasteiger partial charge in [-0.15, -0.1) is 0 Å². The van der Waals surface area contributed by atoms with Crippen molar-refractivity contribution in [3.8, 4) is 0 Å². The molecule has 0 aliphatic carbocycles. The standard InChI is InChI=1S/C5H7NO2/c1-6-4(3-7)2-5(6)8/h3-4H,2H2,1H3/t4-/m1/s1. The lowest BCUT2D eigenvalue weighted by molar-refractivity contribution is -0.146. The van der Waals surface area contributed by atoms with E-state index in [0.29, 0.717) is 6.42 Å². The Labute approximate surface area is 47.3 Å². The molecule has 1 heterocycles. The van der Waals surface area contributed by atoms with Gasteiger partial charge in [0, 0.05) is 7.05 Å². The number of carbonyl (C=O) groups excluding carboxylic acids is 2. The molecule has 3 heteroatoms. The summed E-state index contributed by atoms with van der Waals surface area (Å²) >= 11 is 0. The largest absolute Gasteiger partial charge is 0.335 e. The minimum absolute atomic E-state index is 0.0575. The first kappa shape index (κ1) is 5.28. The number of amides is 1. The fourth-order valence-corrected chi connectivity index (χ4v) is 0.672. The highest BCUT2D eigenvalue weighted by Gasteiger charge is 2.31. The number of hydrogen-bond acceptors (Lipinski definition) is 2. The quantitative estimate of drug-likeness (QED) is 0.337. The van der Waals surface area contributed by atoms with Crippen LogP contribution < -0.4 is 0 Å². The van der Waals surface area contributed by atoms with Crippen molar-refractivity contribution in [2.24, 2.45) is 0 Å². The Morgan fingerprint density at radius 1 is 1.88 bits per heavy atom. The SMILES string of the molecule is CN1C(=O)C[C@@H]1C=O. The highest BCUT2D eigenvalue weighted by Crippen LogP contribution is 2.12. The van der Waals surface area contributed by atoms with Gasteiger partial charge in [0.15, 0.2) is 0 Å². The number of hydrogen-bond donors (Lipinski definition) is 0. The van der Waals surface area contributed by atoms with Gasteiger partial charge in [0.2, 0.25) is 5.91 Å². The van der Waals surface area contributed by atoms with Gasteiger partial charge < -0.3 is 9.69 Å². The van der Waals surface area contributed by atoms with Crippen LogP contribution in [0.5, 0.6) is 0 Å². The fraction of sp³-hybridized carbons (Fsp3) is 0.600. The van der Waals surface area contributed by atoms with E-state index >= 15 is 0 Å². The second kappa shape index (κ2) is 1.58. The molecule has 0 saturated carbocycles. The van der Waals surface area contributed by atoms with Gasteiger partial charge in [-0.1, -0.05) is 0 Å². The molecule has 0 spiro atoms. The van der Waals surface area contributed by atoms with Gasteiger partial charge in [-0.2, -0.15) is 0 Å². The molecule has 0 aromatic rings. The molecule has 0 aromatic carbocycles. The van der Waals surface area contributed by atoms with Crippen LogP contribution in [-0.4, -0.2) is 30.2 Å². The molecule has 0 N–H and O–H groups in total. The second-order valence-electron chi connectivity index (χ2n) is 1.91.